The molecule has 0 aromatic heterocycles. The minimum Gasteiger partial charge on any atom is -0.357 e. The van der Waals surface area contributed by atoms with Gasteiger partial charge in [0.2, 0.25) is 0 Å². The van der Waals surface area contributed by atoms with E-state index in [1.54, 1.807) is 6.92 Å². The Bertz CT molecular complexity index is 148. The number of Topliss-reactive ketones (excluding diaryl/α,β-unsaturated/α-hetero) is 1. The first-order chi connectivity index (χ1) is 5.09. The van der Waals surface area contributed by atoms with Gasteiger partial charge in [-0.1, -0.05) is 29.5 Å². The molecule has 0 amide bonds. The summed E-state index contributed by atoms with van der Waals surface area (Å²) in [7, 11) is 0. The van der Waals surface area contributed by atoms with E-state index in [0.29, 0.717) is 5.92 Å². The summed E-state index contributed by atoms with van der Waals surface area (Å²) >= 11 is 2.25. The smallest absolute Gasteiger partial charge is 0.158 e. The second-order valence-electron chi connectivity index (χ2n) is 3.22. The number of carbonyl (C=O) groups excluding carboxylic acids is 1. The van der Waals surface area contributed by atoms with Crippen molar-refractivity contribution >= 4 is 28.4 Å². The van der Waals surface area contributed by atoms with Gasteiger partial charge in [-0.25, -0.2) is 0 Å². The third-order valence-electron chi connectivity index (χ3n) is 1.97. The Kier molecular flexibility index (Phi) is 3.30. The van der Waals surface area contributed by atoms with Crippen LogP contribution in [0.3, 0.4) is 0 Å². The number of carbonyl (C=O) groups is 1. The van der Waals surface area contributed by atoms with Crippen molar-refractivity contribution in [1.29, 1.82) is 0 Å². The highest BCUT2D eigenvalue weighted by Crippen LogP contribution is 2.28. The SMILES string of the molecule is CC(=O)[C@@H]1CC(C)CC(I)O1. The van der Waals surface area contributed by atoms with Gasteiger partial charge in [-0.05, 0) is 25.7 Å². The van der Waals surface area contributed by atoms with Crippen molar-refractivity contribution < 1.29 is 9.53 Å². The summed E-state index contributed by atoms with van der Waals surface area (Å²) in [6.45, 7) is 3.77. The molecule has 0 spiro atoms. The van der Waals surface area contributed by atoms with Gasteiger partial charge in [-0.2, -0.15) is 0 Å². The van der Waals surface area contributed by atoms with Gasteiger partial charge in [-0.3, -0.25) is 4.79 Å². The van der Waals surface area contributed by atoms with Crippen LogP contribution in [0.25, 0.3) is 0 Å². The van der Waals surface area contributed by atoms with Gasteiger partial charge >= 0.3 is 0 Å². The van der Waals surface area contributed by atoms with Crippen LogP contribution in [0.4, 0.5) is 0 Å². The molecular formula is C8H13IO2. The Morgan fingerprint density at radius 3 is 2.64 bits per heavy atom. The monoisotopic (exact) mass is 268 g/mol. The molecule has 0 N–H and O–H groups in total. The molecule has 1 aliphatic rings. The first-order valence-electron chi connectivity index (χ1n) is 3.89. The van der Waals surface area contributed by atoms with Crippen molar-refractivity contribution in [2.75, 3.05) is 0 Å². The minimum atomic E-state index is -0.138. The van der Waals surface area contributed by atoms with Crippen molar-refractivity contribution in [2.45, 2.75) is 36.9 Å². The Morgan fingerprint density at radius 1 is 1.55 bits per heavy atom. The zero-order chi connectivity index (χ0) is 8.43. The zero-order valence-electron chi connectivity index (χ0n) is 6.84. The lowest BCUT2D eigenvalue weighted by Gasteiger charge is -2.29. The third-order valence-corrected chi connectivity index (χ3v) is 2.77. The number of halogens is 1. The molecule has 1 aliphatic heterocycles. The summed E-state index contributed by atoms with van der Waals surface area (Å²) in [5.74, 6) is 0.790. The van der Waals surface area contributed by atoms with Gasteiger partial charge in [0.15, 0.2) is 5.78 Å². The van der Waals surface area contributed by atoms with Crippen molar-refractivity contribution in [1.82, 2.24) is 0 Å². The van der Waals surface area contributed by atoms with Crippen LogP contribution in [0.15, 0.2) is 0 Å². The fourth-order valence-electron chi connectivity index (χ4n) is 1.33. The van der Waals surface area contributed by atoms with E-state index in [0.717, 1.165) is 12.8 Å². The van der Waals surface area contributed by atoms with Crippen LogP contribution in [0.2, 0.25) is 0 Å². The predicted octanol–water partition coefficient (Wildman–Crippen LogP) is 2.15. The van der Waals surface area contributed by atoms with Gasteiger partial charge in [0.05, 0.1) is 0 Å². The predicted molar refractivity (Wildman–Crippen MR) is 51.8 cm³/mol. The topological polar surface area (TPSA) is 26.3 Å². The van der Waals surface area contributed by atoms with E-state index in [-0.39, 0.29) is 16.0 Å². The first kappa shape index (κ1) is 9.45. The number of hydrogen-bond acceptors (Lipinski definition) is 2. The van der Waals surface area contributed by atoms with Crippen molar-refractivity contribution in [2.24, 2.45) is 5.92 Å². The molecule has 0 saturated carbocycles. The standard InChI is InChI=1S/C8H13IO2/c1-5-3-7(6(2)10)11-8(9)4-5/h5,7-8H,3-4H2,1-2H3/t5?,7-,8?/m0/s1. The van der Waals surface area contributed by atoms with E-state index in [2.05, 4.69) is 29.5 Å². The number of ketones is 1. The summed E-state index contributed by atoms with van der Waals surface area (Å²) in [6, 6.07) is 0. The lowest BCUT2D eigenvalue weighted by Crippen LogP contribution is -2.33. The van der Waals surface area contributed by atoms with Crippen LogP contribution >= 0.6 is 22.6 Å². The number of hydrogen-bond donors (Lipinski definition) is 0. The van der Waals surface area contributed by atoms with Gasteiger partial charge in [0.1, 0.15) is 10.2 Å². The van der Waals surface area contributed by atoms with Gasteiger partial charge < -0.3 is 4.74 Å². The van der Waals surface area contributed by atoms with Crippen LogP contribution in [0, 0.1) is 5.92 Å². The highest BCUT2D eigenvalue weighted by molar-refractivity contribution is 14.1. The molecule has 1 heterocycles. The molecule has 1 saturated heterocycles. The van der Waals surface area contributed by atoms with Gasteiger partial charge in [-0.15, -0.1) is 0 Å². The zero-order valence-corrected chi connectivity index (χ0v) is 9.00. The van der Waals surface area contributed by atoms with Crippen LogP contribution in [-0.2, 0) is 9.53 Å². The summed E-state index contributed by atoms with van der Waals surface area (Å²) in [5.41, 5.74) is 0. The Balaban J connectivity index is 2.49. The number of ether oxygens (including phenoxy) is 1. The highest BCUT2D eigenvalue weighted by Gasteiger charge is 2.27. The maximum Gasteiger partial charge on any atom is 0.158 e. The van der Waals surface area contributed by atoms with Crippen LogP contribution in [-0.4, -0.2) is 16.0 Å². The minimum absolute atomic E-state index is 0.138. The molecule has 0 bridgehead atoms. The third kappa shape index (κ3) is 2.71. The second kappa shape index (κ2) is 3.85. The lowest BCUT2D eigenvalue weighted by molar-refractivity contribution is -0.133. The van der Waals surface area contributed by atoms with E-state index in [9.17, 15) is 4.79 Å². The Hall–Kier alpha value is 0.360. The molecule has 2 unspecified atom stereocenters. The number of rotatable bonds is 1. The van der Waals surface area contributed by atoms with E-state index in [4.69, 9.17) is 4.74 Å². The molecule has 64 valence electrons. The molecule has 3 atom stereocenters. The average Bonchev–Trinajstić information content (AvgIpc) is 1.85. The normalized spacial score (nSPS) is 38.6. The van der Waals surface area contributed by atoms with Crippen LogP contribution < -0.4 is 0 Å². The lowest BCUT2D eigenvalue weighted by atomic mass is 9.96. The fraction of sp³-hybridized carbons (Fsp3) is 0.875. The Morgan fingerprint density at radius 2 is 2.18 bits per heavy atom. The average molecular weight is 268 g/mol. The largest absolute Gasteiger partial charge is 0.357 e. The van der Waals surface area contributed by atoms with E-state index < -0.39 is 0 Å². The second-order valence-corrected chi connectivity index (χ2v) is 4.61. The molecule has 1 fully saturated rings. The van der Waals surface area contributed by atoms with Crippen molar-refractivity contribution in [3.8, 4) is 0 Å². The first-order valence-corrected chi connectivity index (χ1v) is 5.14. The van der Waals surface area contributed by atoms with Crippen LogP contribution in [0.1, 0.15) is 26.7 Å². The van der Waals surface area contributed by atoms with Gasteiger partial charge in [0, 0.05) is 0 Å². The van der Waals surface area contributed by atoms with Crippen molar-refractivity contribution in [3.63, 3.8) is 0 Å². The highest BCUT2D eigenvalue weighted by atomic mass is 127. The molecule has 0 radical (unpaired) electrons. The maximum absolute atomic E-state index is 11.0. The molecule has 3 heteroatoms. The molecule has 11 heavy (non-hydrogen) atoms. The molecule has 0 aromatic rings. The van der Waals surface area contributed by atoms with E-state index >= 15 is 0 Å². The summed E-state index contributed by atoms with van der Waals surface area (Å²) < 4.78 is 5.68. The van der Waals surface area contributed by atoms with Gasteiger partial charge in [0.25, 0.3) is 0 Å². The summed E-state index contributed by atoms with van der Waals surface area (Å²) in [4.78, 5) is 11.0. The Labute approximate surface area is 80.8 Å². The van der Waals surface area contributed by atoms with Crippen LogP contribution in [0.5, 0.6) is 0 Å². The summed E-state index contributed by atoms with van der Waals surface area (Å²) in [5, 5.41) is 0. The van der Waals surface area contributed by atoms with E-state index in [1.807, 2.05) is 0 Å². The van der Waals surface area contributed by atoms with E-state index in [1.165, 1.54) is 0 Å². The molecule has 1 rings (SSSR count). The molecular weight excluding hydrogens is 255 g/mol. The maximum atomic E-state index is 11.0. The quantitative estimate of drug-likeness (QED) is 0.538. The molecule has 2 nitrogen and oxygen atoms in total. The molecule has 0 aliphatic carbocycles. The van der Waals surface area contributed by atoms with Crippen molar-refractivity contribution in [3.05, 3.63) is 0 Å². The number of alkyl halides is 1. The summed E-state index contributed by atoms with van der Waals surface area (Å²) in [6.07, 6.45) is 1.83. The molecule has 0 aromatic carbocycles. The fourth-order valence-corrected chi connectivity index (χ4v) is 2.55.